The Bertz CT molecular complexity index is 159. The number of nitrogens with zero attached hydrogens (tertiary/aromatic N) is 2. The molecule has 2 unspecified atom stereocenters. The van der Waals surface area contributed by atoms with Gasteiger partial charge in [0.2, 0.25) is 0 Å². The summed E-state index contributed by atoms with van der Waals surface area (Å²) in [5.74, 6) is 0. The molecule has 91 valence electrons. The summed E-state index contributed by atoms with van der Waals surface area (Å²) in [7, 11) is 6.36. The van der Waals surface area contributed by atoms with Gasteiger partial charge in [-0.2, -0.15) is 0 Å². The number of aliphatic hydroxyl groups excluding tert-OH is 1. The largest absolute Gasteiger partial charge is 0.387 e. The molecule has 0 spiro atoms. The first kappa shape index (κ1) is 14.9. The summed E-state index contributed by atoms with van der Waals surface area (Å²) in [5, 5.41) is 9.74. The molecule has 0 aliphatic carbocycles. The van der Waals surface area contributed by atoms with E-state index in [1.165, 1.54) is 0 Å². The van der Waals surface area contributed by atoms with Crippen LogP contribution < -0.4 is 0 Å². The highest BCUT2D eigenvalue weighted by atomic mass is 16.3. The van der Waals surface area contributed by atoms with Crippen molar-refractivity contribution in [1.29, 1.82) is 0 Å². The van der Waals surface area contributed by atoms with Gasteiger partial charge in [-0.1, -0.05) is 13.8 Å². The lowest BCUT2D eigenvalue weighted by atomic mass is 10.1. The monoisotopic (exact) mass is 216 g/mol. The molecule has 0 heterocycles. The second-order valence-corrected chi connectivity index (χ2v) is 5.07. The lowest BCUT2D eigenvalue weighted by Gasteiger charge is -2.36. The Morgan fingerprint density at radius 2 is 1.67 bits per heavy atom. The molecular weight excluding hydrogens is 188 g/mol. The zero-order valence-electron chi connectivity index (χ0n) is 11.2. The standard InChI is InChI=1S/C12H28N2O/c1-7-13(8-2)10-9-12(11(3)15)14(4,5)6/h9,11-12,15H,7-8,10H2,1-6H3/q+1. The van der Waals surface area contributed by atoms with E-state index in [0.717, 1.165) is 24.1 Å². The molecule has 1 radical (unpaired) electrons. The summed E-state index contributed by atoms with van der Waals surface area (Å²) >= 11 is 0. The summed E-state index contributed by atoms with van der Waals surface area (Å²) in [5.41, 5.74) is 0. The number of quaternary nitrogens is 1. The van der Waals surface area contributed by atoms with Crippen molar-refractivity contribution in [1.82, 2.24) is 4.90 Å². The van der Waals surface area contributed by atoms with Crippen LogP contribution in [0, 0.1) is 6.42 Å². The van der Waals surface area contributed by atoms with E-state index in [-0.39, 0.29) is 12.1 Å². The van der Waals surface area contributed by atoms with Crippen molar-refractivity contribution < 1.29 is 9.59 Å². The Balaban J connectivity index is 4.19. The molecule has 0 fully saturated rings. The molecule has 0 aliphatic heterocycles. The summed E-state index contributed by atoms with van der Waals surface area (Å²) < 4.78 is 0.777. The van der Waals surface area contributed by atoms with Gasteiger partial charge in [0.1, 0.15) is 12.1 Å². The maximum absolute atomic E-state index is 9.74. The van der Waals surface area contributed by atoms with Crippen LogP contribution in [0.5, 0.6) is 0 Å². The quantitative estimate of drug-likeness (QED) is 0.642. The van der Waals surface area contributed by atoms with Crippen LogP contribution in [-0.2, 0) is 0 Å². The summed E-state index contributed by atoms with van der Waals surface area (Å²) in [6, 6.07) is 0.200. The second kappa shape index (κ2) is 6.46. The van der Waals surface area contributed by atoms with Crippen molar-refractivity contribution in [3.05, 3.63) is 6.42 Å². The van der Waals surface area contributed by atoms with E-state index in [1.54, 1.807) is 0 Å². The third-order valence-corrected chi connectivity index (χ3v) is 2.89. The van der Waals surface area contributed by atoms with Crippen molar-refractivity contribution in [2.75, 3.05) is 40.8 Å². The van der Waals surface area contributed by atoms with Gasteiger partial charge in [-0.15, -0.1) is 0 Å². The van der Waals surface area contributed by atoms with Gasteiger partial charge >= 0.3 is 0 Å². The predicted octanol–water partition coefficient (Wildman–Crippen LogP) is 0.988. The zero-order chi connectivity index (χ0) is 12.1. The fraction of sp³-hybridized carbons (Fsp3) is 0.917. The minimum atomic E-state index is -0.291. The van der Waals surface area contributed by atoms with Crippen molar-refractivity contribution in [3.63, 3.8) is 0 Å². The molecule has 0 saturated carbocycles. The molecule has 15 heavy (non-hydrogen) atoms. The first-order valence-corrected chi connectivity index (χ1v) is 5.87. The number of aliphatic hydroxyl groups is 1. The lowest BCUT2D eigenvalue weighted by Crippen LogP contribution is -2.52. The number of hydrogen-bond acceptors (Lipinski definition) is 2. The van der Waals surface area contributed by atoms with Crippen molar-refractivity contribution >= 4 is 0 Å². The van der Waals surface area contributed by atoms with Gasteiger partial charge in [0, 0.05) is 13.0 Å². The van der Waals surface area contributed by atoms with Crippen LogP contribution in [0.4, 0.5) is 0 Å². The summed E-state index contributed by atoms with van der Waals surface area (Å²) in [6.07, 6.45) is 1.94. The molecule has 0 rings (SSSR count). The predicted molar refractivity (Wildman–Crippen MR) is 65.6 cm³/mol. The van der Waals surface area contributed by atoms with Gasteiger partial charge in [-0.05, 0) is 20.0 Å². The van der Waals surface area contributed by atoms with Gasteiger partial charge in [-0.3, -0.25) is 0 Å². The Kier molecular flexibility index (Phi) is 6.41. The number of hydrogen-bond donors (Lipinski definition) is 1. The molecule has 0 saturated heterocycles. The maximum Gasteiger partial charge on any atom is 0.119 e. The summed E-state index contributed by atoms with van der Waals surface area (Å²) in [6.45, 7) is 9.29. The molecule has 0 aromatic rings. The Morgan fingerprint density at radius 3 is 1.93 bits per heavy atom. The van der Waals surface area contributed by atoms with Gasteiger partial charge in [0.15, 0.2) is 0 Å². The third-order valence-electron chi connectivity index (χ3n) is 2.89. The molecule has 0 bridgehead atoms. The molecule has 0 aromatic carbocycles. The molecular formula is C12H28N2O+. The minimum Gasteiger partial charge on any atom is -0.387 e. The smallest absolute Gasteiger partial charge is 0.119 e. The topological polar surface area (TPSA) is 23.5 Å². The molecule has 0 aromatic heterocycles. The van der Waals surface area contributed by atoms with E-state index >= 15 is 0 Å². The summed E-state index contributed by atoms with van der Waals surface area (Å²) in [4.78, 5) is 2.35. The molecule has 0 aliphatic rings. The second-order valence-electron chi connectivity index (χ2n) is 5.07. The van der Waals surface area contributed by atoms with Gasteiger partial charge < -0.3 is 14.5 Å². The maximum atomic E-state index is 9.74. The highest BCUT2D eigenvalue weighted by molar-refractivity contribution is 4.84. The van der Waals surface area contributed by atoms with Gasteiger partial charge in [0.05, 0.1) is 21.1 Å². The highest BCUT2D eigenvalue weighted by Gasteiger charge is 2.28. The Morgan fingerprint density at radius 1 is 1.20 bits per heavy atom. The molecule has 3 nitrogen and oxygen atoms in total. The molecule has 2 atom stereocenters. The lowest BCUT2D eigenvalue weighted by molar-refractivity contribution is -0.894. The van der Waals surface area contributed by atoms with Crippen LogP contribution in [0.3, 0.4) is 0 Å². The van der Waals surface area contributed by atoms with Crippen LogP contribution in [0.15, 0.2) is 0 Å². The third kappa shape index (κ3) is 5.50. The molecule has 1 N–H and O–H groups in total. The average molecular weight is 216 g/mol. The van der Waals surface area contributed by atoms with Gasteiger partial charge in [-0.25, -0.2) is 0 Å². The van der Waals surface area contributed by atoms with Crippen LogP contribution in [0.2, 0.25) is 0 Å². The normalized spacial score (nSPS) is 16.8. The van der Waals surface area contributed by atoms with Crippen molar-refractivity contribution in [2.45, 2.75) is 32.9 Å². The van der Waals surface area contributed by atoms with E-state index in [4.69, 9.17) is 0 Å². The SMILES string of the molecule is CCN(CC)C[CH]C(C(C)O)[N+](C)(C)C. The van der Waals surface area contributed by atoms with Crippen molar-refractivity contribution in [2.24, 2.45) is 0 Å². The van der Waals surface area contributed by atoms with Crippen LogP contribution in [0.25, 0.3) is 0 Å². The van der Waals surface area contributed by atoms with Crippen LogP contribution in [0.1, 0.15) is 20.8 Å². The van der Waals surface area contributed by atoms with E-state index in [9.17, 15) is 5.11 Å². The number of likely N-dealkylation sites (N-methyl/N-ethyl adjacent to an activating group) is 1. The first-order valence-electron chi connectivity index (χ1n) is 5.87. The van der Waals surface area contributed by atoms with Gasteiger partial charge in [0.25, 0.3) is 0 Å². The molecule has 0 amide bonds. The van der Waals surface area contributed by atoms with E-state index in [0.29, 0.717) is 0 Å². The number of rotatable bonds is 7. The van der Waals surface area contributed by atoms with E-state index in [1.807, 2.05) is 6.92 Å². The van der Waals surface area contributed by atoms with E-state index in [2.05, 4.69) is 46.3 Å². The Hall–Kier alpha value is -0.120. The molecule has 3 heteroatoms. The van der Waals surface area contributed by atoms with Crippen molar-refractivity contribution in [3.8, 4) is 0 Å². The Labute approximate surface area is 95.3 Å². The van der Waals surface area contributed by atoms with Crippen LogP contribution >= 0.6 is 0 Å². The first-order chi connectivity index (χ1) is 6.82. The zero-order valence-corrected chi connectivity index (χ0v) is 11.2. The highest BCUT2D eigenvalue weighted by Crippen LogP contribution is 2.12. The average Bonchev–Trinajstić information content (AvgIpc) is 2.09. The van der Waals surface area contributed by atoms with Crippen LogP contribution in [-0.4, -0.2) is 67.4 Å². The fourth-order valence-corrected chi connectivity index (χ4v) is 1.90. The van der Waals surface area contributed by atoms with E-state index < -0.39 is 0 Å². The minimum absolute atomic E-state index is 0.200. The fourth-order valence-electron chi connectivity index (χ4n) is 1.90.